The van der Waals surface area contributed by atoms with Crippen LogP contribution in [0.4, 0.5) is 33.5 Å². The number of halogens is 5. The van der Waals surface area contributed by atoms with Crippen molar-refractivity contribution in [2.75, 3.05) is 36.3 Å². The molecule has 0 radical (unpaired) electrons. The molecule has 2 aromatic carbocycles. The normalized spacial score (nSPS) is 17.3. The van der Waals surface area contributed by atoms with E-state index in [0.717, 1.165) is 37.0 Å². The number of nitrogens with one attached hydrogen (secondary N) is 1. The summed E-state index contributed by atoms with van der Waals surface area (Å²) in [7, 11) is -2.69. The fourth-order valence-electron chi connectivity index (χ4n) is 5.18. The summed E-state index contributed by atoms with van der Waals surface area (Å²) in [6.45, 7) is 3.22. The summed E-state index contributed by atoms with van der Waals surface area (Å²) in [5.41, 5.74) is -0.446. The molecule has 0 amide bonds. The van der Waals surface area contributed by atoms with Crippen molar-refractivity contribution in [3.8, 4) is 0 Å². The van der Waals surface area contributed by atoms with Gasteiger partial charge in [0.1, 0.15) is 23.8 Å². The van der Waals surface area contributed by atoms with Gasteiger partial charge in [0.05, 0.1) is 5.56 Å². The Bertz CT molecular complexity index is 1470. The molecule has 234 valence electrons. The Morgan fingerprint density at radius 2 is 1.84 bits per heavy atom. The van der Waals surface area contributed by atoms with E-state index in [0.29, 0.717) is 44.5 Å². The summed E-state index contributed by atoms with van der Waals surface area (Å²) >= 11 is 0. The smallest absolute Gasteiger partial charge is 0.416 e. The minimum absolute atomic E-state index is 0.137. The molecule has 1 fully saturated rings. The summed E-state index contributed by atoms with van der Waals surface area (Å²) in [6.07, 6.45) is 0.263. The van der Waals surface area contributed by atoms with E-state index in [9.17, 15) is 21.6 Å². The van der Waals surface area contributed by atoms with Crippen LogP contribution in [0.25, 0.3) is 0 Å². The van der Waals surface area contributed by atoms with Crippen LogP contribution < -0.4 is 9.62 Å². The molecule has 0 spiro atoms. The summed E-state index contributed by atoms with van der Waals surface area (Å²) in [5, 5.41) is 6.89. The molecule has 1 aliphatic heterocycles. The van der Waals surface area contributed by atoms with Gasteiger partial charge in [-0.25, -0.2) is 27.2 Å². The Morgan fingerprint density at radius 3 is 2.42 bits per heavy atom. The third-order valence-corrected chi connectivity index (χ3v) is 8.82. The zero-order valence-electron chi connectivity index (χ0n) is 23.5. The molecule has 0 aliphatic carbocycles. The lowest BCUT2D eigenvalue weighted by Gasteiger charge is -2.49. The predicted molar refractivity (Wildman–Crippen MR) is 150 cm³/mol. The van der Waals surface area contributed by atoms with Crippen molar-refractivity contribution < 1.29 is 40.3 Å². The lowest BCUT2D eigenvalue weighted by Crippen LogP contribution is -2.58. The fraction of sp³-hybridized carbons (Fsp3) is 0.393. The second kappa shape index (κ2) is 14.1. The van der Waals surface area contributed by atoms with Gasteiger partial charge >= 0.3 is 6.18 Å². The van der Waals surface area contributed by atoms with Crippen molar-refractivity contribution in [3.63, 3.8) is 0 Å². The quantitative estimate of drug-likeness (QED) is 0.245. The van der Waals surface area contributed by atoms with Gasteiger partial charge in [-0.05, 0) is 69.1 Å². The van der Waals surface area contributed by atoms with Gasteiger partial charge in [0, 0.05) is 30.5 Å². The highest BCUT2D eigenvalue weighted by Gasteiger charge is 2.39. The number of likely N-dealkylation sites (N-methyl/N-ethyl adjacent to an activating group) is 1. The van der Waals surface area contributed by atoms with Crippen molar-refractivity contribution in [1.82, 2.24) is 14.9 Å². The molecular formula is C28H32F5N5O4S. The van der Waals surface area contributed by atoms with Gasteiger partial charge in [0.25, 0.3) is 16.5 Å². The summed E-state index contributed by atoms with van der Waals surface area (Å²) < 4.78 is 97.5. The van der Waals surface area contributed by atoms with E-state index in [4.69, 9.17) is 9.90 Å². The number of nitrogens with zero attached hydrogens (tertiary/aromatic N) is 4. The highest BCUT2D eigenvalue weighted by atomic mass is 32.2. The van der Waals surface area contributed by atoms with E-state index in [1.807, 2.05) is 18.7 Å². The maximum atomic E-state index is 15.2. The second-order valence-corrected chi connectivity index (χ2v) is 11.6. The van der Waals surface area contributed by atoms with Gasteiger partial charge in [-0.15, -0.1) is 0 Å². The first kappa shape index (κ1) is 33.6. The molecule has 0 unspecified atom stereocenters. The predicted octanol–water partition coefficient (Wildman–Crippen LogP) is 5.20. The minimum Gasteiger partial charge on any atom is -0.483 e. The molecule has 2 heterocycles. The van der Waals surface area contributed by atoms with Crippen LogP contribution in [0.1, 0.15) is 37.3 Å². The maximum absolute atomic E-state index is 15.2. The van der Waals surface area contributed by atoms with Crippen LogP contribution in [0, 0.1) is 11.6 Å². The lowest BCUT2D eigenvalue weighted by atomic mass is 9.81. The molecule has 15 heteroatoms. The average molecular weight is 630 g/mol. The third-order valence-electron chi connectivity index (χ3n) is 7.41. The molecule has 2 N–H and O–H groups in total. The topological polar surface area (TPSA) is 116 Å². The number of benzene rings is 2. The largest absolute Gasteiger partial charge is 0.483 e. The molecule has 0 bridgehead atoms. The van der Waals surface area contributed by atoms with Crippen molar-refractivity contribution in [2.24, 2.45) is 0 Å². The van der Waals surface area contributed by atoms with E-state index in [-0.39, 0.29) is 18.0 Å². The number of piperidine rings is 1. The first-order valence-corrected chi connectivity index (χ1v) is 14.7. The van der Waals surface area contributed by atoms with Crippen molar-refractivity contribution >= 4 is 28.0 Å². The Hall–Kier alpha value is -3.85. The number of carboxylic acid groups (broad SMARTS) is 1. The van der Waals surface area contributed by atoms with Gasteiger partial charge in [-0.1, -0.05) is 25.1 Å². The third kappa shape index (κ3) is 8.38. The van der Waals surface area contributed by atoms with Crippen LogP contribution in [0.15, 0.2) is 59.9 Å². The van der Waals surface area contributed by atoms with Crippen LogP contribution in [-0.2, 0) is 27.4 Å². The van der Waals surface area contributed by atoms with Gasteiger partial charge in [0.15, 0.2) is 4.90 Å². The van der Waals surface area contributed by atoms with Crippen molar-refractivity contribution in [1.29, 1.82) is 0 Å². The van der Waals surface area contributed by atoms with Crippen LogP contribution in [0.3, 0.4) is 0 Å². The number of hydrogen-bond acceptors (Lipinski definition) is 7. The lowest BCUT2D eigenvalue weighted by molar-refractivity contribution is -0.137. The first-order valence-electron chi connectivity index (χ1n) is 13.2. The van der Waals surface area contributed by atoms with E-state index < -0.39 is 43.8 Å². The maximum Gasteiger partial charge on any atom is 0.416 e. The molecule has 4 rings (SSSR count). The molecule has 1 atom stereocenters. The highest BCUT2D eigenvalue weighted by molar-refractivity contribution is 7.92. The number of alkyl halides is 3. The molecule has 9 nitrogen and oxygen atoms in total. The monoisotopic (exact) mass is 629 g/mol. The summed E-state index contributed by atoms with van der Waals surface area (Å²) in [4.78, 5) is 18.5. The van der Waals surface area contributed by atoms with Gasteiger partial charge in [0.2, 0.25) is 0 Å². The van der Waals surface area contributed by atoms with Gasteiger partial charge < -0.3 is 10.0 Å². The van der Waals surface area contributed by atoms with E-state index >= 15 is 8.78 Å². The first-order chi connectivity index (χ1) is 20.3. The van der Waals surface area contributed by atoms with Crippen LogP contribution >= 0.6 is 0 Å². The molecule has 1 saturated heterocycles. The van der Waals surface area contributed by atoms with E-state index in [1.54, 1.807) is 11.0 Å². The zero-order valence-corrected chi connectivity index (χ0v) is 24.3. The minimum atomic E-state index is -4.61. The summed E-state index contributed by atoms with van der Waals surface area (Å²) in [5.74, 6) is -2.64. The van der Waals surface area contributed by atoms with Crippen LogP contribution in [0.5, 0.6) is 0 Å². The molecule has 1 aliphatic rings. The Kier molecular flexibility index (Phi) is 11.0. The molecule has 1 aromatic heterocycles. The molecular weight excluding hydrogens is 597 g/mol. The van der Waals surface area contributed by atoms with Gasteiger partial charge in [-0.3, -0.25) is 14.4 Å². The Balaban J connectivity index is 0.00000162. The standard InChI is InChI=1S/C27H30F5N5O2S.CH2O2/c1-3-36(2)26(11-8-19-6-4-7-20(14-19)27(30,31)32)10-5-13-37(17-26)21-15-22(28)25(23(29)16-21)40(38,39)35-24-9-12-33-18-34-24;2-1-3/h4,6-7,9,12,14-16,18H,3,5,8,10-11,13,17H2,1-2H3,(H,33,34,35);1H,(H,2,3)/t26-;/m0./s1. The summed E-state index contributed by atoms with van der Waals surface area (Å²) in [6, 6.07) is 8.48. The van der Waals surface area contributed by atoms with Crippen LogP contribution in [-0.4, -0.2) is 67.1 Å². The van der Waals surface area contributed by atoms with Crippen molar-refractivity contribution in [2.45, 2.75) is 49.2 Å². The number of aromatic nitrogens is 2. The molecule has 43 heavy (non-hydrogen) atoms. The molecule has 3 aromatic rings. The molecule has 0 saturated carbocycles. The number of sulfonamides is 1. The SMILES string of the molecule is CCN(C)[C@]1(CCc2cccc(C(F)(F)F)c2)CCCN(c2cc(F)c(S(=O)(=O)Nc3ccncn3)c(F)c2)C1.O=CO. The Morgan fingerprint density at radius 1 is 1.16 bits per heavy atom. The number of rotatable bonds is 9. The second-order valence-electron chi connectivity index (χ2n) is 10.0. The van der Waals surface area contributed by atoms with Crippen molar-refractivity contribution in [3.05, 3.63) is 77.8 Å². The highest BCUT2D eigenvalue weighted by Crippen LogP contribution is 2.36. The van der Waals surface area contributed by atoms with E-state index in [2.05, 4.69) is 14.9 Å². The number of carbonyl (C=O) groups is 1. The average Bonchev–Trinajstić information content (AvgIpc) is 2.95. The van der Waals surface area contributed by atoms with Gasteiger partial charge in [-0.2, -0.15) is 13.2 Å². The van der Waals surface area contributed by atoms with Crippen LogP contribution in [0.2, 0.25) is 0 Å². The number of anilines is 2. The Labute approximate surface area is 246 Å². The fourth-order valence-corrected chi connectivity index (χ4v) is 6.31. The zero-order chi connectivity index (χ0) is 31.8. The van der Waals surface area contributed by atoms with E-state index in [1.165, 1.54) is 18.3 Å². The number of aryl methyl sites for hydroxylation is 1. The number of hydrogen-bond donors (Lipinski definition) is 2.